The molecule has 1 heterocycles. The molecule has 0 saturated heterocycles. The highest BCUT2D eigenvalue weighted by atomic mass is 79.9. The van der Waals surface area contributed by atoms with Crippen LogP contribution in [0.5, 0.6) is 5.75 Å². The van der Waals surface area contributed by atoms with Gasteiger partial charge in [0.15, 0.2) is 0 Å². The molecule has 5 heteroatoms. The molecule has 0 fully saturated rings. The molecule has 24 heavy (non-hydrogen) atoms. The average molecular weight is 392 g/mol. The van der Waals surface area contributed by atoms with E-state index in [-0.39, 0.29) is 17.9 Å². The van der Waals surface area contributed by atoms with Gasteiger partial charge >= 0.3 is 0 Å². The highest BCUT2D eigenvalue weighted by molar-refractivity contribution is 9.10. The van der Waals surface area contributed by atoms with E-state index >= 15 is 0 Å². The summed E-state index contributed by atoms with van der Waals surface area (Å²) in [5.74, 6) is -0.136. The summed E-state index contributed by atoms with van der Waals surface area (Å²) in [6.07, 6.45) is 5.00. The van der Waals surface area contributed by atoms with Crippen LogP contribution in [0.25, 0.3) is 0 Å². The minimum absolute atomic E-state index is 0.000128. The number of hydrogen-bond donors (Lipinski definition) is 1. The van der Waals surface area contributed by atoms with Crippen molar-refractivity contribution < 1.29 is 13.5 Å². The first-order chi connectivity index (χ1) is 11.6. The Hall–Kier alpha value is -1.88. The first kappa shape index (κ1) is 15.6. The Kier molecular flexibility index (Phi) is 3.83. The van der Waals surface area contributed by atoms with Gasteiger partial charge < -0.3 is 10.1 Å². The molecule has 1 aliphatic heterocycles. The summed E-state index contributed by atoms with van der Waals surface area (Å²) >= 11 is 3.50. The number of anilines is 1. The predicted molar refractivity (Wildman–Crippen MR) is 93.4 cm³/mol. The van der Waals surface area contributed by atoms with Gasteiger partial charge in [0, 0.05) is 22.0 Å². The van der Waals surface area contributed by atoms with Gasteiger partial charge in [-0.1, -0.05) is 28.1 Å². The van der Waals surface area contributed by atoms with Crippen LogP contribution in [0.4, 0.5) is 14.5 Å². The Balaban J connectivity index is 1.86. The molecule has 1 N–H and O–H groups in total. The Morgan fingerprint density at radius 3 is 2.79 bits per heavy atom. The van der Waals surface area contributed by atoms with Crippen molar-refractivity contribution in [1.82, 2.24) is 0 Å². The third-order valence-corrected chi connectivity index (χ3v) is 5.41. The Morgan fingerprint density at radius 1 is 1.17 bits per heavy atom. The third-order valence-electron chi connectivity index (χ3n) is 4.91. The summed E-state index contributed by atoms with van der Waals surface area (Å²) in [6, 6.07) is 8.07. The van der Waals surface area contributed by atoms with Gasteiger partial charge in [0.25, 0.3) is 0 Å². The molecule has 0 radical (unpaired) electrons. The van der Waals surface area contributed by atoms with Crippen LogP contribution in [0, 0.1) is 17.6 Å². The number of rotatable bonds is 2. The summed E-state index contributed by atoms with van der Waals surface area (Å²) in [6.45, 7) is 0. The first-order valence-electron chi connectivity index (χ1n) is 7.84. The van der Waals surface area contributed by atoms with Gasteiger partial charge in [-0.15, -0.1) is 0 Å². The molecule has 0 saturated carbocycles. The maximum absolute atomic E-state index is 14.4. The largest absolute Gasteiger partial charge is 0.496 e. The van der Waals surface area contributed by atoms with Crippen LogP contribution >= 0.6 is 15.9 Å². The van der Waals surface area contributed by atoms with E-state index in [0.29, 0.717) is 11.3 Å². The number of hydrogen-bond acceptors (Lipinski definition) is 2. The number of methoxy groups -OCH3 is 1. The molecule has 2 aromatic rings. The number of fused-ring (bicyclic) bond motifs is 3. The Bertz CT molecular complexity index is 836. The first-order valence-corrected chi connectivity index (χ1v) is 8.63. The van der Waals surface area contributed by atoms with E-state index in [2.05, 4.69) is 33.4 Å². The summed E-state index contributed by atoms with van der Waals surface area (Å²) in [5, 5.41) is 3.30. The molecular weight excluding hydrogens is 376 g/mol. The minimum atomic E-state index is -0.553. The smallest absolute Gasteiger partial charge is 0.149 e. The van der Waals surface area contributed by atoms with Crippen LogP contribution in [0.2, 0.25) is 0 Å². The van der Waals surface area contributed by atoms with E-state index in [9.17, 15) is 8.78 Å². The van der Waals surface area contributed by atoms with Crippen LogP contribution < -0.4 is 10.1 Å². The zero-order chi connectivity index (χ0) is 16.8. The van der Waals surface area contributed by atoms with Gasteiger partial charge in [-0.25, -0.2) is 8.78 Å². The van der Waals surface area contributed by atoms with E-state index in [1.807, 2.05) is 18.2 Å². The van der Waals surface area contributed by atoms with Crippen molar-refractivity contribution in [2.45, 2.75) is 18.4 Å². The van der Waals surface area contributed by atoms with Crippen molar-refractivity contribution in [2.24, 2.45) is 5.92 Å². The number of halogens is 3. The SMILES string of the molecule is COc1ccc(Br)cc1[C@H]1Nc2c(F)cc(F)cc2[C@@H]2C=CC[C@H]12. The Morgan fingerprint density at radius 2 is 2.00 bits per heavy atom. The lowest BCUT2D eigenvalue weighted by atomic mass is 9.76. The van der Waals surface area contributed by atoms with Gasteiger partial charge in [-0.05, 0) is 42.2 Å². The molecule has 3 atom stereocenters. The number of nitrogens with one attached hydrogen (secondary N) is 1. The molecule has 2 aliphatic rings. The summed E-state index contributed by atoms with van der Waals surface area (Å²) in [4.78, 5) is 0. The Labute approximate surface area is 147 Å². The van der Waals surface area contributed by atoms with Gasteiger partial charge in [-0.3, -0.25) is 0 Å². The van der Waals surface area contributed by atoms with Crippen LogP contribution in [0.1, 0.15) is 29.5 Å². The van der Waals surface area contributed by atoms with E-state index < -0.39 is 11.6 Å². The van der Waals surface area contributed by atoms with Gasteiger partial charge in [-0.2, -0.15) is 0 Å². The van der Waals surface area contributed by atoms with Crippen LogP contribution in [0.3, 0.4) is 0 Å². The fraction of sp³-hybridized carbons (Fsp3) is 0.263. The maximum atomic E-state index is 14.4. The zero-order valence-corrected chi connectivity index (χ0v) is 14.6. The molecule has 4 rings (SSSR count). The molecule has 2 nitrogen and oxygen atoms in total. The fourth-order valence-electron chi connectivity index (χ4n) is 3.88. The summed E-state index contributed by atoms with van der Waals surface area (Å²) < 4.78 is 34.5. The molecule has 0 aromatic heterocycles. The van der Waals surface area contributed by atoms with Gasteiger partial charge in [0.1, 0.15) is 17.4 Å². The zero-order valence-electron chi connectivity index (χ0n) is 13.0. The lowest BCUT2D eigenvalue weighted by molar-refractivity contribution is 0.378. The van der Waals surface area contributed by atoms with Gasteiger partial charge in [0.2, 0.25) is 0 Å². The van der Waals surface area contributed by atoms with Crippen molar-refractivity contribution in [3.63, 3.8) is 0 Å². The van der Waals surface area contributed by atoms with E-state index in [1.54, 1.807) is 7.11 Å². The monoisotopic (exact) mass is 391 g/mol. The lowest BCUT2D eigenvalue weighted by Crippen LogP contribution is -2.30. The summed E-state index contributed by atoms with van der Waals surface area (Å²) in [7, 11) is 1.63. The molecule has 124 valence electrons. The molecule has 1 aliphatic carbocycles. The van der Waals surface area contributed by atoms with E-state index in [4.69, 9.17) is 4.74 Å². The second-order valence-corrected chi connectivity index (χ2v) is 7.13. The molecule has 0 spiro atoms. The van der Waals surface area contributed by atoms with Crippen LogP contribution in [-0.2, 0) is 0 Å². The minimum Gasteiger partial charge on any atom is -0.496 e. The molecular formula is C19H16BrF2NO. The molecule has 0 unspecified atom stereocenters. The average Bonchev–Trinajstić information content (AvgIpc) is 3.04. The molecule has 0 bridgehead atoms. The quantitative estimate of drug-likeness (QED) is 0.676. The molecule has 2 aromatic carbocycles. The van der Waals surface area contributed by atoms with Crippen molar-refractivity contribution in [2.75, 3.05) is 12.4 Å². The normalized spacial score (nSPS) is 24.2. The van der Waals surface area contributed by atoms with Crippen molar-refractivity contribution in [3.05, 3.63) is 69.7 Å². The number of benzene rings is 2. The maximum Gasteiger partial charge on any atom is 0.149 e. The van der Waals surface area contributed by atoms with Crippen molar-refractivity contribution >= 4 is 21.6 Å². The second-order valence-electron chi connectivity index (χ2n) is 6.21. The highest BCUT2D eigenvalue weighted by Gasteiger charge is 2.40. The molecule has 0 amide bonds. The summed E-state index contributed by atoms with van der Waals surface area (Å²) in [5.41, 5.74) is 2.05. The van der Waals surface area contributed by atoms with Crippen LogP contribution in [0.15, 0.2) is 47.0 Å². The van der Waals surface area contributed by atoms with Crippen molar-refractivity contribution in [1.29, 1.82) is 0 Å². The number of ether oxygens (including phenoxy) is 1. The third kappa shape index (κ3) is 2.42. The van der Waals surface area contributed by atoms with Crippen LogP contribution in [-0.4, -0.2) is 7.11 Å². The number of allylic oxidation sites excluding steroid dienone is 2. The predicted octanol–water partition coefficient (Wildman–Crippen LogP) is 5.56. The lowest BCUT2D eigenvalue weighted by Gasteiger charge is -2.38. The van der Waals surface area contributed by atoms with E-state index in [0.717, 1.165) is 28.3 Å². The second kappa shape index (κ2) is 5.88. The fourth-order valence-corrected chi connectivity index (χ4v) is 4.26. The van der Waals surface area contributed by atoms with E-state index in [1.165, 1.54) is 6.07 Å². The van der Waals surface area contributed by atoms with Crippen molar-refractivity contribution in [3.8, 4) is 5.75 Å². The topological polar surface area (TPSA) is 21.3 Å². The standard InChI is InChI=1S/C19H16BrF2NO/c1-24-17-6-5-10(20)7-15(17)18-13-4-2-3-12(13)14-8-11(21)9-16(22)19(14)23-18/h2-3,5-9,12-13,18,23H,4H2,1H3/t12-,13+,18+/m1/s1. The van der Waals surface area contributed by atoms with Gasteiger partial charge in [0.05, 0.1) is 18.8 Å². The highest BCUT2D eigenvalue weighted by Crippen LogP contribution is 2.52.